The maximum atomic E-state index is 5.74. The maximum Gasteiger partial charge on any atom is 0.166 e. The molecule has 172 valence electrons. The topological polar surface area (TPSA) is 68.5 Å². The minimum absolute atomic E-state index is 0. The van der Waals surface area contributed by atoms with Gasteiger partial charge < -0.3 is 23.8 Å². The molecule has 0 spiro atoms. The molecule has 1 aromatic carbocycles. The monoisotopic (exact) mass is 458 g/mol. The van der Waals surface area contributed by atoms with Crippen LogP contribution in [0.3, 0.4) is 0 Å². The fourth-order valence-corrected chi connectivity index (χ4v) is 4.65. The minimum Gasteiger partial charge on any atom is -0.496 e. The third-order valence-corrected chi connectivity index (χ3v) is 6.37. The van der Waals surface area contributed by atoms with Crippen molar-refractivity contribution >= 4 is 29.4 Å². The average Bonchev–Trinajstić information content (AvgIpc) is 3.46. The molecule has 0 radical (unpaired) electrons. The van der Waals surface area contributed by atoms with E-state index < -0.39 is 0 Å². The molecule has 0 amide bonds. The molecule has 2 fully saturated rings. The molecule has 2 aliphatic heterocycles. The predicted octanol–water partition coefficient (Wildman–Crippen LogP) is 3.34. The molecule has 8 nitrogen and oxygen atoms in total. The Bertz CT molecular complexity index is 1070. The van der Waals surface area contributed by atoms with E-state index in [1.54, 1.807) is 7.11 Å². The van der Waals surface area contributed by atoms with Crippen LogP contribution in [0.5, 0.6) is 5.75 Å². The van der Waals surface area contributed by atoms with Gasteiger partial charge in [0.2, 0.25) is 0 Å². The number of methoxy groups -OCH3 is 1. The van der Waals surface area contributed by atoms with Gasteiger partial charge in [-0.2, -0.15) is 0 Å². The van der Waals surface area contributed by atoms with Crippen LogP contribution in [0, 0.1) is 6.92 Å². The van der Waals surface area contributed by atoms with Crippen LogP contribution in [0.4, 0.5) is 5.82 Å². The van der Waals surface area contributed by atoms with Gasteiger partial charge in [-0.15, -0.1) is 12.4 Å². The summed E-state index contributed by atoms with van der Waals surface area (Å²) in [5, 5.41) is 0. The van der Waals surface area contributed by atoms with Gasteiger partial charge in [0.05, 0.1) is 25.3 Å². The third-order valence-electron chi connectivity index (χ3n) is 6.37. The van der Waals surface area contributed by atoms with Crippen LogP contribution in [0.2, 0.25) is 0 Å². The van der Waals surface area contributed by atoms with Crippen molar-refractivity contribution in [1.29, 1.82) is 0 Å². The molecule has 3 aromatic rings. The Morgan fingerprint density at radius 1 is 1.09 bits per heavy atom. The van der Waals surface area contributed by atoms with Crippen LogP contribution in [-0.4, -0.2) is 77.5 Å². The Kier molecular flexibility index (Phi) is 6.83. The summed E-state index contributed by atoms with van der Waals surface area (Å²) in [6, 6.07) is 8.24. The summed E-state index contributed by atoms with van der Waals surface area (Å²) in [6.07, 6.45) is 0.946. The maximum absolute atomic E-state index is 5.74. The lowest BCUT2D eigenvalue weighted by Crippen LogP contribution is -2.46. The number of aromatic nitrogens is 4. The molecule has 0 bridgehead atoms. The number of imidazole rings is 1. The smallest absolute Gasteiger partial charge is 0.166 e. The van der Waals surface area contributed by atoms with E-state index in [2.05, 4.69) is 27.4 Å². The summed E-state index contributed by atoms with van der Waals surface area (Å²) in [4.78, 5) is 19.7. The molecule has 9 heteroatoms. The number of halogens is 1. The second-order valence-corrected chi connectivity index (χ2v) is 8.21. The van der Waals surface area contributed by atoms with Crippen LogP contribution in [-0.2, 0) is 4.74 Å². The van der Waals surface area contributed by atoms with Gasteiger partial charge >= 0.3 is 0 Å². The zero-order chi connectivity index (χ0) is 21.4. The number of piperazine rings is 1. The van der Waals surface area contributed by atoms with E-state index in [1.165, 1.54) is 0 Å². The molecule has 1 atom stereocenters. The lowest BCUT2D eigenvalue weighted by molar-refractivity contribution is 0.187. The van der Waals surface area contributed by atoms with Crippen molar-refractivity contribution in [2.75, 3.05) is 57.9 Å². The number of aryl methyl sites for hydroxylation is 1. The summed E-state index contributed by atoms with van der Waals surface area (Å²) in [5.41, 5.74) is 2.72. The number of nitrogens with zero attached hydrogens (tertiary/aromatic N) is 6. The normalized spacial score (nSPS) is 19.3. The molecular weight excluding hydrogens is 428 g/mol. The molecule has 0 saturated carbocycles. The molecule has 0 aliphatic carbocycles. The number of para-hydroxylation sites is 1. The van der Waals surface area contributed by atoms with Crippen LogP contribution in [0.25, 0.3) is 22.6 Å². The molecule has 4 heterocycles. The number of ether oxygens (including phenoxy) is 2. The predicted molar refractivity (Wildman–Crippen MR) is 128 cm³/mol. The number of anilines is 1. The molecule has 2 saturated heterocycles. The quantitative estimate of drug-likeness (QED) is 0.580. The summed E-state index contributed by atoms with van der Waals surface area (Å²) in [6.45, 7) is 10.7. The number of rotatable bonds is 5. The number of hydrogen-bond donors (Lipinski definition) is 0. The molecule has 2 aliphatic rings. The first-order valence-corrected chi connectivity index (χ1v) is 11.1. The largest absolute Gasteiger partial charge is 0.496 e. The van der Waals surface area contributed by atoms with E-state index in [-0.39, 0.29) is 18.4 Å². The molecule has 0 N–H and O–H groups in total. The lowest BCUT2D eigenvalue weighted by Gasteiger charge is -2.34. The zero-order valence-corrected chi connectivity index (χ0v) is 19.8. The van der Waals surface area contributed by atoms with Gasteiger partial charge in [0, 0.05) is 32.8 Å². The van der Waals surface area contributed by atoms with Gasteiger partial charge in [-0.3, -0.25) is 0 Å². The summed E-state index contributed by atoms with van der Waals surface area (Å²) >= 11 is 0. The van der Waals surface area contributed by atoms with E-state index in [0.717, 1.165) is 85.7 Å². The van der Waals surface area contributed by atoms with Crippen molar-refractivity contribution in [3.05, 3.63) is 30.1 Å². The Labute approximate surface area is 195 Å². The molecule has 2 aromatic heterocycles. The molecule has 32 heavy (non-hydrogen) atoms. The molecular formula is C23H31ClN6O2. The summed E-state index contributed by atoms with van der Waals surface area (Å²) < 4.78 is 13.7. The number of likely N-dealkylation sites (N-methyl/N-ethyl adjacent to an activating group) is 1. The Morgan fingerprint density at radius 2 is 1.88 bits per heavy atom. The second-order valence-electron chi connectivity index (χ2n) is 8.21. The third kappa shape index (κ3) is 4.02. The SMILES string of the molecule is CCN1CCN(c2nc(C)nc3c2nc(-c2ccccc2OC)n3[C@@H]2CCOC2)CC1.Cl. The highest BCUT2D eigenvalue weighted by molar-refractivity contribution is 5.88. The van der Waals surface area contributed by atoms with E-state index in [4.69, 9.17) is 24.4 Å². The Morgan fingerprint density at radius 3 is 2.56 bits per heavy atom. The number of benzene rings is 1. The standard InChI is InChI=1S/C23H30N6O2.ClH/c1-4-27-10-12-28(13-11-27)22-20-23(25-16(2)24-22)29(17-9-14-31-15-17)21(26-20)18-7-5-6-8-19(18)30-3;/h5-8,17H,4,9-15H2,1-3H3;1H/t17-;/m1./s1. The number of hydrogen-bond acceptors (Lipinski definition) is 7. The lowest BCUT2D eigenvalue weighted by atomic mass is 10.1. The summed E-state index contributed by atoms with van der Waals surface area (Å²) in [5.74, 6) is 3.39. The van der Waals surface area contributed by atoms with Gasteiger partial charge in [-0.1, -0.05) is 19.1 Å². The fraction of sp³-hybridized carbons (Fsp3) is 0.522. The first-order valence-electron chi connectivity index (χ1n) is 11.1. The fourth-order valence-electron chi connectivity index (χ4n) is 4.65. The van der Waals surface area contributed by atoms with Crippen LogP contribution in [0.1, 0.15) is 25.2 Å². The molecule has 5 rings (SSSR count). The second kappa shape index (κ2) is 9.60. The highest BCUT2D eigenvalue weighted by atomic mass is 35.5. The van der Waals surface area contributed by atoms with E-state index in [9.17, 15) is 0 Å². The molecule has 0 unspecified atom stereocenters. The van der Waals surface area contributed by atoms with Crippen molar-refractivity contribution in [1.82, 2.24) is 24.4 Å². The summed E-state index contributed by atoms with van der Waals surface area (Å²) in [7, 11) is 1.70. The van der Waals surface area contributed by atoms with Gasteiger partial charge in [-0.25, -0.2) is 15.0 Å². The van der Waals surface area contributed by atoms with Crippen LogP contribution >= 0.6 is 12.4 Å². The van der Waals surface area contributed by atoms with Gasteiger partial charge in [0.1, 0.15) is 17.4 Å². The van der Waals surface area contributed by atoms with Gasteiger partial charge in [0.25, 0.3) is 0 Å². The Hall–Kier alpha value is -2.42. The van der Waals surface area contributed by atoms with E-state index in [0.29, 0.717) is 6.61 Å². The van der Waals surface area contributed by atoms with Crippen molar-refractivity contribution in [2.24, 2.45) is 0 Å². The van der Waals surface area contributed by atoms with Crippen molar-refractivity contribution < 1.29 is 9.47 Å². The van der Waals surface area contributed by atoms with Gasteiger partial charge in [-0.05, 0) is 32.0 Å². The van der Waals surface area contributed by atoms with E-state index in [1.807, 2.05) is 25.1 Å². The highest BCUT2D eigenvalue weighted by Crippen LogP contribution is 2.37. The van der Waals surface area contributed by atoms with Crippen molar-refractivity contribution in [2.45, 2.75) is 26.3 Å². The zero-order valence-electron chi connectivity index (χ0n) is 19.0. The number of fused-ring (bicyclic) bond motifs is 1. The highest BCUT2D eigenvalue weighted by Gasteiger charge is 2.29. The minimum atomic E-state index is 0. The van der Waals surface area contributed by atoms with Crippen LogP contribution < -0.4 is 9.64 Å². The Balaban J connectivity index is 0.00000245. The first kappa shape index (κ1) is 22.8. The van der Waals surface area contributed by atoms with E-state index >= 15 is 0 Å². The average molecular weight is 459 g/mol. The van der Waals surface area contributed by atoms with Crippen molar-refractivity contribution in [3.63, 3.8) is 0 Å². The van der Waals surface area contributed by atoms with Crippen LogP contribution in [0.15, 0.2) is 24.3 Å². The first-order chi connectivity index (χ1) is 15.2. The van der Waals surface area contributed by atoms with Gasteiger partial charge in [0.15, 0.2) is 17.0 Å². The van der Waals surface area contributed by atoms with Crippen molar-refractivity contribution in [3.8, 4) is 17.1 Å².